The number of hydrogen-bond acceptors (Lipinski definition) is 5. The van der Waals surface area contributed by atoms with Crippen LogP contribution in [0.2, 0.25) is 0 Å². The number of nitrogens with one attached hydrogen (secondary N) is 1. The number of aromatic nitrogens is 3. The van der Waals surface area contributed by atoms with Gasteiger partial charge in [0.05, 0.1) is 5.39 Å². The molecule has 1 N–H and O–H groups in total. The summed E-state index contributed by atoms with van der Waals surface area (Å²) in [5.74, 6) is 0. The topological polar surface area (TPSA) is 84.8 Å². The van der Waals surface area contributed by atoms with E-state index in [0.29, 0.717) is 16.2 Å². The van der Waals surface area contributed by atoms with E-state index in [1.54, 1.807) is 13.3 Å². The smallest absolute Gasteiger partial charge is 0.251 e. The summed E-state index contributed by atoms with van der Waals surface area (Å²) in [6.07, 6.45) is 1.77. The zero-order valence-electron chi connectivity index (χ0n) is 9.09. The number of rotatable bonds is 1. The monoisotopic (exact) mass is 271 g/mol. The fourth-order valence-electron chi connectivity index (χ4n) is 1.46. The summed E-state index contributed by atoms with van der Waals surface area (Å²) in [5, 5.41) is 0.844. The first kappa shape index (κ1) is 11.9. The van der Waals surface area contributed by atoms with E-state index in [4.69, 9.17) is 0 Å². The lowest BCUT2D eigenvalue weighted by Crippen LogP contribution is -2.16. The minimum absolute atomic E-state index is 0.0370. The van der Waals surface area contributed by atoms with Crippen LogP contribution in [-0.2, 0) is 17.3 Å². The standard InChI is InChI=1S/C9H9N3O3S2/c1-12-6(13)4-3-5-7(12)10-9(16-2)11-8(5)17(14)15/h3-4H,1-2H3,(H,10,11). The first-order valence-corrected chi connectivity index (χ1v) is 6.91. The summed E-state index contributed by atoms with van der Waals surface area (Å²) in [6.45, 7) is 0. The molecule has 6 nitrogen and oxygen atoms in total. The zero-order valence-corrected chi connectivity index (χ0v) is 10.7. The van der Waals surface area contributed by atoms with Crippen LogP contribution in [0.15, 0.2) is 22.1 Å². The van der Waals surface area contributed by atoms with Crippen molar-refractivity contribution in [3.05, 3.63) is 27.1 Å². The van der Waals surface area contributed by atoms with Gasteiger partial charge >= 0.3 is 0 Å². The second-order valence-corrected chi connectivity index (χ2v) is 4.95. The summed E-state index contributed by atoms with van der Waals surface area (Å²) in [6, 6.07) is 2.77. The molecule has 0 atom stereocenters. The van der Waals surface area contributed by atoms with Gasteiger partial charge in [-0.2, -0.15) is 8.42 Å². The fourth-order valence-corrected chi connectivity index (χ4v) is 2.42. The fraction of sp³-hybridized carbons (Fsp3) is 0.222. The van der Waals surface area contributed by atoms with Crippen molar-refractivity contribution in [2.45, 2.75) is 5.16 Å². The van der Waals surface area contributed by atoms with E-state index in [2.05, 4.69) is 9.97 Å². The third-order valence-corrected chi connectivity index (χ3v) is 3.55. The average Bonchev–Trinajstić information content (AvgIpc) is 2.32. The largest absolute Gasteiger partial charge is 0.321 e. The molecule has 0 fully saturated rings. The molecular weight excluding hydrogens is 262 g/mol. The zero-order chi connectivity index (χ0) is 12.6. The van der Waals surface area contributed by atoms with Crippen LogP contribution in [-0.4, -0.2) is 29.2 Å². The Morgan fingerprint density at radius 2 is 2.12 bits per heavy atom. The molecule has 0 amide bonds. The van der Waals surface area contributed by atoms with Crippen molar-refractivity contribution in [1.29, 1.82) is 0 Å². The van der Waals surface area contributed by atoms with Gasteiger partial charge in [-0.15, -0.1) is 0 Å². The highest BCUT2D eigenvalue weighted by atomic mass is 32.2. The lowest BCUT2D eigenvalue weighted by molar-refractivity contribution is 0.624. The van der Waals surface area contributed by atoms with Gasteiger partial charge in [0.1, 0.15) is 5.65 Å². The lowest BCUT2D eigenvalue weighted by Gasteiger charge is -2.04. The van der Waals surface area contributed by atoms with Crippen LogP contribution in [0, 0.1) is 4.64 Å². The second kappa shape index (κ2) is 4.38. The van der Waals surface area contributed by atoms with Crippen molar-refractivity contribution in [2.24, 2.45) is 7.05 Å². The first-order chi connectivity index (χ1) is 8.04. The summed E-state index contributed by atoms with van der Waals surface area (Å²) in [5.41, 5.74) is 0.116. The molecular formula is C9H9N3O3S2. The second-order valence-electron chi connectivity index (χ2n) is 3.28. The number of H-pyrrole nitrogens is 1. The maximum absolute atomic E-state index is 11.5. The number of aryl methyl sites for hydroxylation is 1. The Hall–Kier alpha value is -1.54. The van der Waals surface area contributed by atoms with Crippen LogP contribution in [0.4, 0.5) is 0 Å². The number of nitrogens with zero attached hydrogens (tertiary/aromatic N) is 2. The van der Waals surface area contributed by atoms with Gasteiger partial charge in [-0.3, -0.25) is 9.36 Å². The van der Waals surface area contributed by atoms with Crippen molar-refractivity contribution in [3.8, 4) is 0 Å². The van der Waals surface area contributed by atoms with Gasteiger partial charge in [0.15, 0.2) is 9.80 Å². The Morgan fingerprint density at radius 1 is 1.41 bits per heavy atom. The minimum atomic E-state index is -2.40. The molecule has 0 unspecified atom stereocenters. The summed E-state index contributed by atoms with van der Waals surface area (Å²) < 4.78 is 23.6. The van der Waals surface area contributed by atoms with E-state index in [-0.39, 0.29) is 10.2 Å². The van der Waals surface area contributed by atoms with E-state index in [1.165, 1.54) is 28.5 Å². The molecule has 0 spiro atoms. The molecule has 0 aliphatic carbocycles. The maximum Gasteiger partial charge on any atom is 0.251 e. The Balaban J connectivity index is 3.19. The molecule has 90 valence electrons. The SMILES string of the molecule is CSc1nc2c(ccc(=O)n2C)c(=S(=O)=O)[nH]1. The van der Waals surface area contributed by atoms with Crippen LogP contribution >= 0.6 is 11.8 Å². The van der Waals surface area contributed by atoms with Crippen LogP contribution in [0.1, 0.15) is 0 Å². The molecule has 0 aromatic carbocycles. The van der Waals surface area contributed by atoms with Crippen LogP contribution in [0.5, 0.6) is 0 Å². The third kappa shape index (κ3) is 2.01. The molecule has 0 bridgehead atoms. The lowest BCUT2D eigenvalue weighted by atomic mass is 10.3. The molecule has 2 aromatic rings. The van der Waals surface area contributed by atoms with Gasteiger partial charge < -0.3 is 4.98 Å². The highest BCUT2D eigenvalue weighted by Gasteiger charge is 2.06. The van der Waals surface area contributed by atoms with E-state index in [1.807, 2.05) is 0 Å². The predicted octanol–water partition coefficient (Wildman–Crippen LogP) is 0.395. The van der Waals surface area contributed by atoms with Crippen LogP contribution in [0.25, 0.3) is 11.0 Å². The Bertz CT molecular complexity index is 809. The van der Waals surface area contributed by atoms with Crippen molar-refractivity contribution in [2.75, 3.05) is 6.26 Å². The molecule has 0 saturated heterocycles. The van der Waals surface area contributed by atoms with Gasteiger partial charge in [0, 0.05) is 13.1 Å². The molecule has 2 aromatic heterocycles. The normalized spacial score (nSPS) is 10.7. The molecule has 0 radical (unpaired) electrons. The van der Waals surface area contributed by atoms with Gasteiger partial charge in [-0.1, -0.05) is 11.8 Å². The average molecular weight is 271 g/mol. The Morgan fingerprint density at radius 3 is 2.71 bits per heavy atom. The Kier molecular flexibility index (Phi) is 3.07. The summed E-state index contributed by atoms with van der Waals surface area (Å²) in [7, 11) is -0.850. The van der Waals surface area contributed by atoms with E-state index < -0.39 is 10.3 Å². The van der Waals surface area contributed by atoms with Crippen molar-refractivity contribution < 1.29 is 8.42 Å². The van der Waals surface area contributed by atoms with Gasteiger partial charge in [-0.05, 0) is 12.3 Å². The Labute approximate surface area is 102 Å². The number of hydrogen-bond donors (Lipinski definition) is 1. The molecule has 0 saturated carbocycles. The molecule has 2 rings (SSSR count). The number of pyridine rings is 1. The van der Waals surface area contributed by atoms with E-state index in [9.17, 15) is 13.2 Å². The molecule has 17 heavy (non-hydrogen) atoms. The van der Waals surface area contributed by atoms with Gasteiger partial charge in [0.25, 0.3) is 5.56 Å². The molecule has 2 heterocycles. The van der Waals surface area contributed by atoms with E-state index >= 15 is 0 Å². The van der Waals surface area contributed by atoms with Gasteiger partial charge in [-0.25, -0.2) is 4.98 Å². The molecule has 0 aliphatic heterocycles. The predicted molar refractivity (Wildman–Crippen MR) is 65.3 cm³/mol. The highest BCUT2D eigenvalue weighted by molar-refractivity contribution is 7.98. The summed E-state index contributed by atoms with van der Waals surface area (Å²) in [4.78, 5) is 18.4. The van der Waals surface area contributed by atoms with Gasteiger partial charge in [0.2, 0.25) is 10.3 Å². The summed E-state index contributed by atoms with van der Waals surface area (Å²) >= 11 is 1.27. The maximum atomic E-state index is 11.5. The quantitative estimate of drug-likeness (QED) is 0.461. The van der Waals surface area contributed by atoms with Crippen LogP contribution < -0.4 is 5.56 Å². The first-order valence-electron chi connectivity index (χ1n) is 4.61. The molecule has 8 heteroatoms. The van der Waals surface area contributed by atoms with Crippen molar-refractivity contribution in [3.63, 3.8) is 0 Å². The highest BCUT2D eigenvalue weighted by Crippen LogP contribution is 2.14. The van der Waals surface area contributed by atoms with Crippen molar-refractivity contribution in [1.82, 2.24) is 14.5 Å². The number of thioether (sulfide) groups is 1. The number of fused-ring (bicyclic) bond motifs is 1. The van der Waals surface area contributed by atoms with Crippen LogP contribution in [0.3, 0.4) is 0 Å². The van der Waals surface area contributed by atoms with E-state index in [0.717, 1.165) is 0 Å². The minimum Gasteiger partial charge on any atom is -0.321 e. The third-order valence-electron chi connectivity index (χ3n) is 2.31. The number of aromatic amines is 1. The van der Waals surface area contributed by atoms with Crippen molar-refractivity contribution >= 4 is 33.1 Å². The molecule has 0 aliphatic rings.